The molecule has 0 heterocycles. The van der Waals surface area contributed by atoms with Gasteiger partial charge < -0.3 is 5.73 Å². The molecule has 1 rings (SSSR count). The monoisotopic (exact) mass is 319 g/mol. The number of nitrogens with two attached hydrogens (primary N) is 1. The first-order valence-corrected chi connectivity index (χ1v) is 6.43. The van der Waals surface area contributed by atoms with Crippen LogP contribution in [0, 0.1) is 11.6 Å². The Morgan fingerprint density at radius 1 is 1.39 bits per heavy atom. The number of benzene rings is 1. The summed E-state index contributed by atoms with van der Waals surface area (Å²) in [6.07, 6.45) is 0.463. The summed E-state index contributed by atoms with van der Waals surface area (Å²) in [5.74, 6) is -1.63. The van der Waals surface area contributed by atoms with Crippen molar-refractivity contribution < 1.29 is 13.6 Å². The van der Waals surface area contributed by atoms with E-state index in [4.69, 9.17) is 5.73 Å². The predicted octanol–water partition coefficient (Wildman–Crippen LogP) is 3.36. The van der Waals surface area contributed by atoms with Crippen LogP contribution in [0.4, 0.5) is 8.78 Å². The lowest BCUT2D eigenvalue weighted by Crippen LogP contribution is -2.32. The van der Waals surface area contributed by atoms with Gasteiger partial charge in [0, 0.05) is 23.9 Å². The van der Waals surface area contributed by atoms with Gasteiger partial charge in [0.15, 0.2) is 0 Å². The predicted molar refractivity (Wildman–Crippen MR) is 70.3 cm³/mol. The molecule has 0 fully saturated rings. The Balaban J connectivity index is 2.74. The van der Waals surface area contributed by atoms with E-state index in [0.29, 0.717) is 6.42 Å². The van der Waals surface area contributed by atoms with Gasteiger partial charge in [-0.25, -0.2) is 8.78 Å². The first-order chi connectivity index (χ1) is 8.20. The molecule has 0 aliphatic rings. The van der Waals surface area contributed by atoms with Gasteiger partial charge in [-0.15, -0.1) is 0 Å². The van der Waals surface area contributed by atoms with Crippen LogP contribution in [-0.2, 0) is 11.2 Å². The number of rotatable bonds is 5. The van der Waals surface area contributed by atoms with Crippen molar-refractivity contribution in [3.63, 3.8) is 0 Å². The quantitative estimate of drug-likeness (QED) is 0.846. The van der Waals surface area contributed by atoms with Crippen LogP contribution >= 0.6 is 15.9 Å². The fourth-order valence-electron chi connectivity index (χ4n) is 1.48. The maximum atomic E-state index is 13.6. The lowest BCUT2D eigenvalue weighted by Gasteiger charge is -2.17. The van der Waals surface area contributed by atoms with E-state index in [1.807, 2.05) is 0 Å². The Hall–Kier alpha value is -0.810. The standard InChI is InChI=1S/C13H16BrF2NO/c1-13(2,17)6-5-8(18)7-9-11(15)4-3-10(14)12(9)16/h3-4H,5-7,17H2,1-2H3. The van der Waals surface area contributed by atoms with E-state index in [9.17, 15) is 13.6 Å². The zero-order valence-corrected chi connectivity index (χ0v) is 12.0. The SMILES string of the molecule is CC(C)(N)CCC(=O)Cc1c(F)ccc(Br)c1F. The molecule has 0 bridgehead atoms. The smallest absolute Gasteiger partial charge is 0.143 e. The molecule has 2 nitrogen and oxygen atoms in total. The summed E-state index contributed by atoms with van der Waals surface area (Å²) < 4.78 is 27.2. The summed E-state index contributed by atoms with van der Waals surface area (Å²) in [5, 5.41) is 0. The highest BCUT2D eigenvalue weighted by atomic mass is 79.9. The van der Waals surface area contributed by atoms with Gasteiger partial charge in [0.25, 0.3) is 0 Å². The second kappa shape index (κ2) is 5.89. The van der Waals surface area contributed by atoms with Crippen LogP contribution in [0.1, 0.15) is 32.3 Å². The van der Waals surface area contributed by atoms with Crippen molar-refractivity contribution in [2.75, 3.05) is 0 Å². The molecule has 2 N–H and O–H groups in total. The fourth-order valence-corrected chi connectivity index (χ4v) is 1.85. The van der Waals surface area contributed by atoms with Crippen molar-refractivity contribution in [3.05, 3.63) is 33.8 Å². The lowest BCUT2D eigenvalue weighted by atomic mass is 9.96. The molecule has 0 aliphatic carbocycles. The maximum absolute atomic E-state index is 13.6. The van der Waals surface area contributed by atoms with Crippen LogP contribution in [0.25, 0.3) is 0 Å². The molecule has 0 radical (unpaired) electrons. The van der Waals surface area contributed by atoms with Crippen LogP contribution in [0.2, 0.25) is 0 Å². The first-order valence-electron chi connectivity index (χ1n) is 5.63. The van der Waals surface area contributed by atoms with Crippen LogP contribution in [0.15, 0.2) is 16.6 Å². The maximum Gasteiger partial charge on any atom is 0.143 e. The van der Waals surface area contributed by atoms with Crippen LogP contribution in [0.3, 0.4) is 0 Å². The van der Waals surface area contributed by atoms with Crippen molar-refractivity contribution in [2.45, 2.75) is 38.6 Å². The highest BCUT2D eigenvalue weighted by Crippen LogP contribution is 2.22. The Morgan fingerprint density at radius 2 is 2.00 bits per heavy atom. The molecule has 0 spiro atoms. The minimum atomic E-state index is -0.713. The molecule has 5 heteroatoms. The Morgan fingerprint density at radius 3 is 2.56 bits per heavy atom. The molecule has 0 aromatic heterocycles. The second-order valence-corrected chi connectivity index (χ2v) is 5.88. The fraction of sp³-hybridized carbons (Fsp3) is 0.462. The number of Topliss-reactive ketones (excluding diaryl/α,β-unsaturated/α-hetero) is 1. The van der Waals surface area contributed by atoms with Crippen LogP contribution < -0.4 is 5.73 Å². The molecule has 0 atom stereocenters. The number of carbonyl (C=O) groups excluding carboxylic acids is 1. The Bertz CT molecular complexity index is 455. The van der Waals surface area contributed by atoms with Gasteiger partial charge in [0.1, 0.15) is 17.4 Å². The molecular formula is C13H16BrF2NO. The van der Waals surface area contributed by atoms with Crippen molar-refractivity contribution in [1.82, 2.24) is 0 Å². The molecule has 18 heavy (non-hydrogen) atoms. The van der Waals surface area contributed by atoms with E-state index in [2.05, 4.69) is 15.9 Å². The molecule has 0 saturated heterocycles. The van der Waals surface area contributed by atoms with Gasteiger partial charge in [-0.2, -0.15) is 0 Å². The van der Waals surface area contributed by atoms with E-state index in [1.54, 1.807) is 13.8 Å². The van der Waals surface area contributed by atoms with Gasteiger partial charge in [-0.05, 0) is 48.3 Å². The molecule has 0 saturated carbocycles. The second-order valence-electron chi connectivity index (χ2n) is 5.03. The van der Waals surface area contributed by atoms with Crippen molar-refractivity contribution >= 4 is 21.7 Å². The van der Waals surface area contributed by atoms with Gasteiger partial charge in [0.2, 0.25) is 0 Å². The van der Waals surface area contributed by atoms with Gasteiger partial charge in [-0.1, -0.05) is 0 Å². The lowest BCUT2D eigenvalue weighted by molar-refractivity contribution is -0.118. The minimum Gasteiger partial charge on any atom is -0.326 e. The van der Waals surface area contributed by atoms with Crippen molar-refractivity contribution in [2.24, 2.45) is 5.73 Å². The first kappa shape index (κ1) is 15.2. The van der Waals surface area contributed by atoms with Gasteiger partial charge >= 0.3 is 0 Å². The van der Waals surface area contributed by atoms with Crippen LogP contribution in [0.5, 0.6) is 0 Å². The van der Waals surface area contributed by atoms with E-state index in [0.717, 1.165) is 6.07 Å². The largest absolute Gasteiger partial charge is 0.326 e. The zero-order valence-electron chi connectivity index (χ0n) is 10.4. The average molecular weight is 320 g/mol. The molecule has 0 unspecified atom stereocenters. The molecule has 1 aromatic carbocycles. The highest BCUT2D eigenvalue weighted by molar-refractivity contribution is 9.10. The van der Waals surface area contributed by atoms with Crippen molar-refractivity contribution in [1.29, 1.82) is 0 Å². The van der Waals surface area contributed by atoms with Crippen molar-refractivity contribution in [3.8, 4) is 0 Å². The summed E-state index contributed by atoms with van der Waals surface area (Å²) in [4.78, 5) is 11.7. The van der Waals surface area contributed by atoms with Gasteiger partial charge in [0.05, 0.1) is 4.47 Å². The summed E-state index contributed by atoms with van der Waals surface area (Å²) >= 11 is 2.97. The molecule has 1 aromatic rings. The van der Waals surface area contributed by atoms with E-state index >= 15 is 0 Å². The Labute approximate surface area is 114 Å². The number of carbonyl (C=O) groups is 1. The number of hydrogen-bond donors (Lipinski definition) is 1. The third-order valence-electron chi connectivity index (χ3n) is 2.56. The number of halogens is 3. The highest BCUT2D eigenvalue weighted by Gasteiger charge is 2.18. The van der Waals surface area contributed by atoms with E-state index in [-0.39, 0.29) is 28.7 Å². The number of hydrogen-bond acceptors (Lipinski definition) is 2. The average Bonchev–Trinajstić information content (AvgIpc) is 2.26. The normalized spacial score (nSPS) is 11.7. The third-order valence-corrected chi connectivity index (χ3v) is 3.17. The topological polar surface area (TPSA) is 43.1 Å². The summed E-state index contributed by atoms with van der Waals surface area (Å²) in [5.41, 5.74) is 5.11. The van der Waals surface area contributed by atoms with E-state index in [1.165, 1.54) is 6.07 Å². The number of ketones is 1. The third kappa shape index (κ3) is 4.46. The summed E-state index contributed by atoms with van der Waals surface area (Å²) in [6, 6.07) is 2.42. The summed E-state index contributed by atoms with van der Waals surface area (Å²) in [7, 11) is 0. The van der Waals surface area contributed by atoms with Gasteiger partial charge in [-0.3, -0.25) is 4.79 Å². The molecule has 100 valence electrons. The summed E-state index contributed by atoms with van der Waals surface area (Å²) in [6.45, 7) is 3.61. The zero-order chi connectivity index (χ0) is 13.9. The molecular weight excluding hydrogens is 304 g/mol. The molecule has 0 amide bonds. The van der Waals surface area contributed by atoms with E-state index < -0.39 is 17.2 Å². The minimum absolute atomic E-state index is 0.158. The Kier molecular flexibility index (Phi) is 4.99. The molecule has 0 aliphatic heterocycles. The van der Waals surface area contributed by atoms with Crippen LogP contribution in [-0.4, -0.2) is 11.3 Å².